The smallest absolute Gasteiger partial charge is 0.267 e. The number of rotatable bonds is 2. The average Bonchev–Trinajstić information content (AvgIpc) is 2.05. The molecule has 0 saturated heterocycles. The Balaban J connectivity index is 3.18. The quantitative estimate of drug-likeness (QED) is 0.833. The topological polar surface area (TPSA) is 60.9 Å². The Morgan fingerprint density at radius 1 is 1.77 bits per heavy atom. The molecule has 2 N–H and O–H groups in total. The highest BCUT2D eigenvalue weighted by Gasteiger charge is 2.06. The summed E-state index contributed by atoms with van der Waals surface area (Å²) in [6, 6.07) is -0.0486. The van der Waals surface area contributed by atoms with Gasteiger partial charge < -0.3 is 5.73 Å². The van der Waals surface area contributed by atoms with Crippen molar-refractivity contribution in [3.8, 4) is 0 Å². The van der Waals surface area contributed by atoms with Gasteiger partial charge in [-0.15, -0.1) is 0 Å². The normalized spacial score (nSPS) is 12.9. The van der Waals surface area contributed by atoms with Gasteiger partial charge in [-0.3, -0.25) is 9.36 Å². The van der Waals surface area contributed by atoms with E-state index in [-0.39, 0.29) is 11.6 Å². The molecule has 1 aromatic rings. The lowest BCUT2D eigenvalue weighted by Crippen LogP contribution is -2.32. The zero-order valence-corrected chi connectivity index (χ0v) is 9.21. The minimum atomic E-state index is -0.0789. The maximum atomic E-state index is 11.5. The van der Waals surface area contributed by atoms with Crippen molar-refractivity contribution >= 4 is 15.9 Å². The van der Waals surface area contributed by atoms with E-state index >= 15 is 0 Å². The fourth-order valence-electron chi connectivity index (χ4n) is 1.05. The lowest BCUT2D eigenvalue weighted by molar-refractivity contribution is 0.549. The summed E-state index contributed by atoms with van der Waals surface area (Å²) in [6.07, 6.45) is 1.51. The molecule has 0 aliphatic carbocycles. The lowest BCUT2D eigenvalue weighted by atomic mass is 10.3. The molecule has 1 aromatic heterocycles. The van der Waals surface area contributed by atoms with E-state index in [1.165, 1.54) is 6.20 Å². The molecule has 0 radical (unpaired) electrons. The van der Waals surface area contributed by atoms with Gasteiger partial charge in [0.1, 0.15) is 10.3 Å². The Labute approximate surface area is 84.9 Å². The van der Waals surface area contributed by atoms with Crippen LogP contribution in [0.3, 0.4) is 0 Å². The molecule has 0 amide bonds. The monoisotopic (exact) mass is 245 g/mol. The van der Waals surface area contributed by atoms with Gasteiger partial charge in [0.2, 0.25) is 0 Å². The maximum absolute atomic E-state index is 11.5. The van der Waals surface area contributed by atoms with Crippen molar-refractivity contribution in [3.63, 3.8) is 0 Å². The van der Waals surface area contributed by atoms with E-state index in [9.17, 15) is 4.79 Å². The van der Waals surface area contributed by atoms with E-state index in [0.29, 0.717) is 16.8 Å². The SMILES string of the molecule is Cc1ncc(Br)c(=O)n1CC(C)N. The second-order valence-electron chi connectivity index (χ2n) is 3.05. The molecule has 4 nitrogen and oxygen atoms in total. The highest BCUT2D eigenvalue weighted by Crippen LogP contribution is 2.01. The number of aromatic nitrogens is 2. The van der Waals surface area contributed by atoms with E-state index in [1.807, 2.05) is 6.92 Å². The zero-order chi connectivity index (χ0) is 10.0. The van der Waals surface area contributed by atoms with Crippen molar-refractivity contribution in [1.82, 2.24) is 9.55 Å². The van der Waals surface area contributed by atoms with Crippen molar-refractivity contribution in [2.75, 3.05) is 0 Å². The van der Waals surface area contributed by atoms with Crippen LogP contribution in [0.15, 0.2) is 15.5 Å². The fourth-order valence-corrected chi connectivity index (χ4v) is 1.37. The molecule has 0 aliphatic heterocycles. The van der Waals surface area contributed by atoms with Crippen LogP contribution in [0.4, 0.5) is 0 Å². The zero-order valence-electron chi connectivity index (χ0n) is 7.62. The van der Waals surface area contributed by atoms with Gasteiger partial charge in [-0.25, -0.2) is 4.98 Å². The van der Waals surface area contributed by atoms with Gasteiger partial charge in [-0.05, 0) is 29.8 Å². The van der Waals surface area contributed by atoms with Gasteiger partial charge in [-0.2, -0.15) is 0 Å². The van der Waals surface area contributed by atoms with Crippen LogP contribution in [0.5, 0.6) is 0 Å². The number of nitrogens with two attached hydrogens (primary N) is 1. The summed E-state index contributed by atoms with van der Waals surface area (Å²) in [7, 11) is 0. The first-order valence-corrected chi connectivity index (χ1v) is 4.79. The van der Waals surface area contributed by atoms with Crippen LogP contribution < -0.4 is 11.3 Å². The first-order chi connectivity index (χ1) is 6.02. The highest BCUT2D eigenvalue weighted by atomic mass is 79.9. The standard InChI is InChI=1S/C8H12BrN3O/c1-5(10)4-12-6(2)11-3-7(9)8(12)13/h3,5H,4,10H2,1-2H3. The fraction of sp³-hybridized carbons (Fsp3) is 0.500. The van der Waals surface area contributed by atoms with E-state index in [1.54, 1.807) is 11.5 Å². The molecule has 13 heavy (non-hydrogen) atoms. The molecule has 5 heteroatoms. The summed E-state index contributed by atoms with van der Waals surface area (Å²) < 4.78 is 2.04. The molecule has 1 heterocycles. The summed E-state index contributed by atoms with van der Waals surface area (Å²) in [4.78, 5) is 15.6. The van der Waals surface area contributed by atoms with Gasteiger partial charge in [0, 0.05) is 18.8 Å². The Kier molecular flexibility index (Phi) is 3.22. The van der Waals surface area contributed by atoms with Crippen LogP contribution >= 0.6 is 15.9 Å². The molecular weight excluding hydrogens is 234 g/mol. The summed E-state index contributed by atoms with van der Waals surface area (Å²) in [6.45, 7) is 4.14. The molecule has 0 aromatic carbocycles. The summed E-state index contributed by atoms with van der Waals surface area (Å²) >= 11 is 3.13. The van der Waals surface area contributed by atoms with Crippen molar-refractivity contribution in [3.05, 3.63) is 26.8 Å². The molecule has 0 spiro atoms. The van der Waals surface area contributed by atoms with Gasteiger partial charge in [-0.1, -0.05) is 0 Å². The Morgan fingerprint density at radius 2 is 2.38 bits per heavy atom. The third kappa shape index (κ3) is 2.38. The van der Waals surface area contributed by atoms with Crippen LogP contribution in [-0.4, -0.2) is 15.6 Å². The van der Waals surface area contributed by atoms with Crippen molar-refractivity contribution in [1.29, 1.82) is 0 Å². The number of hydrogen-bond acceptors (Lipinski definition) is 3. The van der Waals surface area contributed by atoms with E-state index in [0.717, 1.165) is 0 Å². The van der Waals surface area contributed by atoms with Crippen LogP contribution in [0.2, 0.25) is 0 Å². The van der Waals surface area contributed by atoms with Gasteiger partial charge in [0.25, 0.3) is 5.56 Å². The molecule has 1 rings (SSSR count). The minimum Gasteiger partial charge on any atom is -0.326 e. The average molecular weight is 246 g/mol. The maximum Gasteiger partial charge on any atom is 0.267 e. The largest absolute Gasteiger partial charge is 0.326 e. The van der Waals surface area contributed by atoms with Crippen molar-refractivity contribution in [2.24, 2.45) is 5.73 Å². The second-order valence-corrected chi connectivity index (χ2v) is 3.90. The van der Waals surface area contributed by atoms with Gasteiger partial charge in [0.15, 0.2) is 0 Å². The Bertz CT molecular complexity index is 359. The van der Waals surface area contributed by atoms with E-state index in [2.05, 4.69) is 20.9 Å². The first-order valence-electron chi connectivity index (χ1n) is 4.00. The Hall–Kier alpha value is -0.680. The van der Waals surface area contributed by atoms with Crippen molar-refractivity contribution < 1.29 is 0 Å². The van der Waals surface area contributed by atoms with Crippen LogP contribution in [0.25, 0.3) is 0 Å². The van der Waals surface area contributed by atoms with Gasteiger partial charge >= 0.3 is 0 Å². The number of hydrogen-bond donors (Lipinski definition) is 1. The molecule has 1 unspecified atom stereocenters. The summed E-state index contributed by atoms with van der Waals surface area (Å²) in [5, 5.41) is 0. The van der Waals surface area contributed by atoms with Crippen LogP contribution in [0, 0.1) is 6.92 Å². The molecule has 72 valence electrons. The molecule has 0 bridgehead atoms. The predicted octanol–water partition coefficient (Wildman–Crippen LogP) is 0.661. The molecule has 0 aliphatic rings. The summed E-state index contributed by atoms with van der Waals surface area (Å²) in [5.41, 5.74) is 5.53. The van der Waals surface area contributed by atoms with Crippen molar-refractivity contribution in [2.45, 2.75) is 26.4 Å². The van der Waals surface area contributed by atoms with E-state index < -0.39 is 0 Å². The minimum absolute atomic E-state index is 0.0486. The van der Waals surface area contributed by atoms with Gasteiger partial charge in [0.05, 0.1) is 0 Å². The van der Waals surface area contributed by atoms with Crippen LogP contribution in [0.1, 0.15) is 12.7 Å². The molecule has 1 atom stereocenters. The predicted molar refractivity (Wildman–Crippen MR) is 54.6 cm³/mol. The van der Waals surface area contributed by atoms with E-state index in [4.69, 9.17) is 5.73 Å². The third-order valence-electron chi connectivity index (χ3n) is 1.68. The molecule has 0 saturated carbocycles. The Morgan fingerprint density at radius 3 is 2.92 bits per heavy atom. The third-order valence-corrected chi connectivity index (χ3v) is 2.22. The van der Waals surface area contributed by atoms with Crippen LogP contribution in [-0.2, 0) is 6.54 Å². The molecule has 0 fully saturated rings. The number of aryl methyl sites for hydroxylation is 1. The lowest BCUT2D eigenvalue weighted by Gasteiger charge is -2.11. The first kappa shape index (κ1) is 10.4. The number of nitrogens with zero attached hydrogens (tertiary/aromatic N) is 2. The second kappa shape index (κ2) is 4.02. The highest BCUT2D eigenvalue weighted by molar-refractivity contribution is 9.10. The molecular formula is C8H12BrN3O. The summed E-state index contributed by atoms with van der Waals surface area (Å²) in [5.74, 6) is 0.686. The number of halogens is 1.